The van der Waals surface area contributed by atoms with Crippen molar-refractivity contribution in [1.29, 1.82) is 0 Å². The molecular formula is C7H13N3O. The Morgan fingerprint density at radius 2 is 2.45 bits per heavy atom. The van der Waals surface area contributed by atoms with Gasteiger partial charge in [-0.15, -0.1) is 5.10 Å². The lowest BCUT2D eigenvalue weighted by Gasteiger charge is -1.98. The minimum Gasteiger partial charge on any atom is -0.380 e. The lowest BCUT2D eigenvalue weighted by atomic mass is 10.5. The first-order valence-corrected chi connectivity index (χ1v) is 3.77. The van der Waals surface area contributed by atoms with Crippen molar-refractivity contribution in [2.75, 3.05) is 13.2 Å². The van der Waals surface area contributed by atoms with Crippen LogP contribution in [0.5, 0.6) is 0 Å². The molecule has 0 aliphatic heterocycles. The Kier molecular flexibility index (Phi) is 3.04. The summed E-state index contributed by atoms with van der Waals surface area (Å²) in [6.45, 7) is 6.15. The van der Waals surface area contributed by atoms with Crippen LogP contribution in [0.2, 0.25) is 0 Å². The van der Waals surface area contributed by atoms with Crippen molar-refractivity contribution in [2.24, 2.45) is 0 Å². The Balaban J connectivity index is 2.27. The van der Waals surface area contributed by atoms with Gasteiger partial charge in [-0.05, 0) is 13.8 Å². The van der Waals surface area contributed by atoms with E-state index in [1.54, 1.807) is 4.68 Å². The summed E-state index contributed by atoms with van der Waals surface area (Å²) in [5.74, 6) is 0. The van der Waals surface area contributed by atoms with E-state index in [1.807, 2.05) is 20.0 Å². The largest absolute Gasteiger partial charge is 0.380 e. The third-order valence-electron chi connectivity index (χ3n) is 1.32. The van der Waals surface area contributed by atoms with Crippen molar-refractivity contribution in [2.45, 2.75) is 20.4 Å². The zero-order valence-corrected chi connectivity index (χ0v) is 6.95. The van der Waals surface area contributed by atoms with Crippen LogP contribution in [0.1, 0.15) is 12.6 Å². The molecule has 0 amide bonds. The molecule has 11 heavy (non-hydrogen) atoms. The van der Waals surface area contributed by atoms with Gasteiger partial charge in [0.05, 0.1) is 18.8 Å². The number of aromatic nitrogens is 3. The molecule has 4 nitrogen and oxygen atoms in total. The normalized spacial score (nSPS) is 10.4. The second-order valence-corrected chi connectivity index (χ2v) is 2.32. The summed E-state index contributed by atoms with van der Waals surface area (Å²) in [4.78, 5) is 0. The first-order chi connectivity index (χ1) is 5.33. The predicted molar refractivity (Wildman–Crippen MR) is 41.3 cm³/mol. The molecule has 0 spiro atoms. The maximum absolute atomic E-state index is 5.16. The molecule has 1 aromatic rings. The molecule has 0 saturated heterocycles. The maximum Gasteiger partial charge on any atom is 0.0796 e. The fourth-order valence-electron chi connectivity index (χ4n) is 0.807. The summed E-state index contributed by atoms with van der Waals surface area (Å²) in [5.41, 5.74) is 0.946. The van der Waals surface area contributed by atoms with Crippen LogP contribution < -0.4 is 0 Å². The van der Waals surface area contributed by atoms with E-state index in [9.17, 15) is 0 Å². The second-order valence-electron chi connectivity index (χ2n) is 2.32. The first-order valence-electron chi connectivity index (χ1n) is 3.77. The molecule has 1 rings (SSSR count). The average molecular weight is 155 g/mol. The molecule has 1 aromatic heterocycles. The fourth-order valence-corrected chi connectivity index (χ4v) is 0.807. The number of aryl methyl sites for hydroxylation is 1. The van der Waals surface area contributed by atoms with Gasteiger partial charge in [0.1, 0.15) is 0 Å². The van der Waals surface area contributed by atoms with Crippen molar-refractivity contribution in [3.05, 3.63) is 11.9 Å². The van der Waals surface area contributed by atoms with Crippen LogP contribution in [0, 0.1) is 6.92 Å². The SMILES string of the molecule is CCOCCn1cc(C)nn1. The summed E-state index contributed by atoms with van der Waals surface area (Å²) in [6.07, 6.45) is 1.90. The molecule has 0 N–H and O–H groups in total. The van der Waals surface area contributed by atoms with Crippen LogP contribution in [0.3, 0.4) is 0 Å². The predicted octanol–water partition coefficient (Wildman–Crippen LogP) is 0.623. The number of rotatable bonds is 4. The standard InChI is InChI=1S/C7H13N3O/c1-3-11-5-4-10-6-7(2)8-9-10/h6H,3-5H2,1-2H3. The van der Waals surface area contributed by atoms with E-state index < -0.39 is 0 Å². The van der Waals surface area contributed by atoms with Crippen molar-refractivity contribution >= 4 is 0 Å². The number of hydrogen-bond acceptors (Lipinski definition) is 3. The first kappa shape index (κ1) is 8.20. The lowest BCUT2D eigenvalue weighted by molar-refractivity contribution is 0.136. The fraction of sp³-hybridized carbons (Fsp3) is 0.714. The molecule has 0 saturated carbocycles. The summed E-state index contributed by atoms with van der Waals surface area (Å²) < 4.78 is 6.94. The molecule has 0 unspecified atom stereocenters. The Morgan fingerprint density at radius 1 is 1.64 bits per heavy atom. The maximum atomic E-state index is 5.16. The topological polar surface area (TPSA) is 39.9 Å². The van der Waals surface area contributed by atoms with E-state index in [-0.39, 0.29) is 0 Å². The van der Waals surface area contributed by atoms with Crippen LogP contribution in [-0.2, 0) is 11.3 Å². The molecule has 0 fully saturated rings. The van der Waals surface area contributed by atoms with Crippen molar-refractivity contribution in [3.8, 4) is 0 Å². The van der Waals surface area contributed by atoms with E-state index in [2.05, 4.69) is 10.3 Å². The van der Waals surface area contributed by atoms with Crippen molar-refractivity contribution < 1.29 is 4.74 Å². The number of ether oxygens (including phenoxy) is 1. The Morgan fingerprint density at radius 3 is 3.00 bits per heavy atom. The third-order valence-corrected chi connectivity index (χ3v) is 1.32. The van der Waals surface area contributed by atoms with Crippen LogP contribution in [-0.4, -0.2) is 28.2 Å². The van der Waals surface area contributed by atoms with Gasteiger partial charge in [0.15, 0.2) is 0 Å². The van der Waals surface area contributed by atoms with E-state index in [1.165, 1.54) is 0 Å². The van der Waals surface area contributed by atoms with Gasteiger partial charge in [0, 0.05) is 12.8 Å². The summed E-state index contributed by atoms with van der Waals surface area (Å²) >= 11 is 0. The van der Waals surface area contributed by atoms with Gasteiger partial charge >= 0.3 is 0 Å². The van der Waals surface area contributed by atoms with E-state index >= 15 is 0 Å². The highest BCUT2D eigenvalue weighted by Gasteiger charge is 1.93. The smallest absolute Gasteiger partial charge is 0.0796 e. The van der Waals surface area contributed by atoms with Crippen LogP contribution in [0.4, 0.5) is 0 Å². The highest BCUT2D eigenvalue weighted by molar-refractivity contribution is 4.86. The van der Waals surface area contributed by atoms with Crippen molar-refractivity contribution in [3.63, 3.8) is 0 Å². The zero-order chi connectivity index (χ0) is 8.10. The van der Waals surface area contributed by atoms with Gasteiger partial charge in [0.25, 0.3) is 0 Å². The van der Waals surface area contributed by atoms with Crippen LogP contribution >= 0.6 is 0 Å². The van der Waals surface area contributed by atoms with Gasteiger partial charge in [0.2, 0.25) is 0 Å². The van der Waals surface area contributed by atoms with E-state index in [4.69, 9.17) is 4.74 Å². The lowest BCUT2D eigenvalue weighted by Crippen LogP contribution is -2.06. The highest BCUT2D eigenvalue weighted by atomic mass is 16.5. The summed E-state index contributed by atoms with van der Waals surface area (Å²) in [5, 5.41) is 7.73. The molecule has 0 aliphatic rings. The van der Waals surface area contributed by atoms with E-state index in [0.29, 0.717) is 6.61 Å². The average Bonchev–Trinajstić information content (AvgIpc) is 2.37. The third kappa shape index (κ3) is 2.67. The van der Waals surface area contributed by atoms with Crippen LogP contribution in [0.15, 0.2) is 6.20 Å². The van der Waals surface area contributed by atoms with Gasteiger partial charge in [-0.3, -0.25) is 0 Å². The summed E-state index contributed by atoms with van der Waals surface area (Å²) in [6, 6.07) is 0. The van der Waals surface area contributed by atoms with Gasteiger partial charge in [-0.25, -0.2) is 4.68 Å². The Hall–Kier alpha value is -0.900. The molecular weight excluding hydrogens is 142 g/mol. The molecule has 0 aromatic carbocycles. The minimum absolute atomic E-state index is 0.708. The van der Waals surface area contributed by atoms with E-state index in [0.717, 1.165) is 18.8 Å². The highest BCUT2D eigenvalue weighted by Crippen LogP contribution is 1.88. The van der Waals surface area contributed by atoms with Crippen LogP contribution in [0.25, 0.3) is 0 Å². The Labute approximate surface area is 66.2 Å². The second kappa shape index (κ2) is 4.08. The Bertz CT molecular complexity index is 209. The molecule has 62 valence electrons. The molecule has 1 heterocycles. The van der Waals surface area contributed by atoms with Gasteiger partial charge in [-0.2, -0.15) is 0 Å². The minimum atomic E-state index is 0.708. The zero-order valence-electron chi connectivity index (χ0n) is 6.95. The van der Waals surface area contributed by atoms with Gasteiger partial charge < -0.3 is 4.74 Å². The summed E-state index contributed by atoms with van der Waals surface area (Å²) in [7, 11) is 0. The molecule has 4 heteroatoms. The molecule has 0 radical (unpaired) electrons. The number of nitrogens with zero attached hydrogens (tertiary/aromatic N) is 3. The van der Waals surface area contributed by atoms with Crippen molar-refractivity contribution in [1.82, 2.24) is 15.0 Å². The quantitative estimate of drug-likeness (QED) is 0.598. The molecule has 0 atom stereocenters. The monoisotopic (exact) mass is 155 g/mol. The molecule has 0 bridgehead atoms. The molecule has 0 aliphatic carbocycles. The number of hydrogen-bond donors (Lipinski definition) is 0. The van der Waals surface area contributed by atoms with Gasteiger partial charge in [-0.1, -0.05) is 5.21 Å².